The number of rotatable bonds is 7. The predicted octanol–water partition coefficient (Wildman–Crippen LogP) is 6.02. The maximum atomic E-state index is 12.6. The number of carbonyl (C=O) groups excluding carboxylic acids is 1. The Hall–Kier alpha value is -2.46. The molecule has 0 heterocycles. The number of esters is 1. The van der Waals surface area contributed by atoms with Crippen LogP contribution in [-0.2, 0) is 14.1 Å². The van der Waals surface area contributed by atoms with Gasteiger partial charge in [-0.05, 0) is 35.4 Å². The number of halogens is 1. The molecular weight excluding hydrogens is 397 g/mol. The second kappa shape index (κ2) is 9.16. The van der Waals surface area contributed by atoms with Gasteiger partial charge in [-0.1, -0.05) is 66.7 Å². The van der Waals surface area contributed by atoms with Gasteiger partial charge in [-0.15, -0.1) is 0 Å². The van der Waals surface area contributed by atoms with Gasteiger partial charge in [0.15, 0.2) is 11.8 Å². The fraction of sp³-hybridized carbons (Fsp3) is 0.190. The van der Waals surface area contributed by atoms with Crippen LogP contribution in [0.25, 0.3) is 10.8 Å². The van der Waals surface area contributed by atoms with Crippen LogP contribution in [0.5, 0.6) is 5.75 Å². The van der Waals surface area contributed by atoms with Gasteiger partial charge in [-0.2, -0.15) is 0 Å². The molecule has 3 aromatic carbocycles. The molecule has 3 atom stereocenters. The molecule has 0 aliphatic rings. The van der Waals surface area contributed by atoms with Crippen molar-refractivity contribution in [1.29, 1.82) is 0 Å². The lowest BCUT2D eigenvalue weighted by atomic mass is 10.1. The van der Waals surface area contributed by atoms with E-state index in [9.17, 15) is 9.36 Å². The Morgan fingerprint density at radius 2 is 1.61 bits per heavy atom. The van der Waals surface area contributed by atoms with Gasteiger partial charge in [0, 0.05) is 5.39 Å². The highest BCUT2D eigenvalue weighted by Gasteiger charge is 2.40. The van der Waals surface area contributed by atoms with Crippen LogP contribution in [0.3, 0.4) is 0 Å². The zero-order valence-corrected chi connectivity index (χ0v) is 17.1. The highest BCUT2D eigenvalue weighted by atomic mass is 35.7. The highest BCUT2D eigenvalue weighted by molar-refractivity contribution is 7.71. The van der Waals surface area contributed by atoms with Crippen molar-refractivity contribution in [2.24, 2.45) is 0 Å². The molecule has 0 bridgehead atoms. The highest BCUT2D eigenvalue weighted by Crippen LogP contribution is 2.38. The van der Waals surface area contributed by atoms with E-state index >= 15 is 0 Å². The summed E-state index contributed by atoms with van der Waals surface area (Å²) in [6, 6.07) is 21.5. The lowest BCUT2D eigenvalue weighted by molar-refractivity contribution is -0.159. The Morgan fingerprint density at radius 3 is 2.32 bits per heavy atom. The van der Waals surface area contributed by atoms with E-state index in [1.165, 1.54) is 0 Å². The van der Waals surface area contributed by atoms with Crippen molar-refractivity contribution in [2.75, 3.05) is 0 Å². The molecule has 0 saturated carbocycles. The Balaban J connectivity index is 1.77. The minimum absolute atomic E-state index is 0.455. The van der Waals surface area contributed by atoms with Gasteiger partial charge in [0.1, 0.15) is 10.9 Å². The Kier molecular flexibility index (Phi) is 6.63. The molecule has 0 aliphatic carbocycles. The SMILES string of the molecule is C[C@H](OC(=O)[C@H](C)N(Oc1cccc2ccccc12)[P+](=O)Cl)c1ccccc1. The van der Waals surface area contributed by atoms with Crippen molar-refractivity contribution >= 4 is 35.3 Å². The number of nitrogens with zero attached hydrogens (tertiary/aromatic N) is 1. The summed E-state index contributed by atoms with van der Waals surface area (Å²) in [5.41, 5.74) is 0.861. The third-order valence-corrected chi connectivity index (χ3v) is 5.52. The molecule has 1 unspecified atom stereocenters. The number of hydrogen-bond acceptors (Lipinski definition) is 4. The quantitative estimate of drug-likeness (QED) is 0.267. The first kappa shape index (κ1) is 20.3. The summed E-state index contributed by atoms with van der Waals surface area (Å²) in [6.45, 7) is 3.32. The minimum atomic E-state index is -2.46. The molecular formula is C21H20ClNO4P+. The second-order valence-corrected chi connectivity index (χ2v) is 7.98. The fourth-order valence-electron chi connectivity index (χ4n) is 2.78. The molecule has 7 heteroatoms. The smallest absolute Gasteiger partial charge is 0.456 e. The summed E-state index contributed by atoms with van der Waals surface area (Å²) in [5, 5.41) is 1.78. The van der Waals surface area contributed by atoms with E-state index in [0.717, 1.165) is 21.2 Å². The van der Waals surface area contributed by atoms with E-state index in [1.807, 2.05) is 66.7 Å². The van der Waals surface area contributed by atoms with Crippen LogP contribution >= 0.6 is 18.5 Å². The van der Waals surface area contributed by atoms with E-state index in [-0.39, 0.29) is 0 Å². The normalized spacial score (nSPS) is 13.8. The van der Waals surface area contributed by atoms with Crippen molar-refractivity contribution in [3.63, 3.8) is 0 Å². The Bertz CT molecular complexity index is 977. The predicted molar refractivity (Wildman–Crippen MR) is 110 cm³/mol. The molecule has 0 N–H and O–H groups in total. The maximum Gasteiger partial charge on any atom is 0.593 e. The largest absolute Gasteiger partial charge is 0.593 e. The van der Waals surface area contributed by atoms with E-state index in [2.05, 4.69) is 0 Å². The molecule has 3 rings (SSSR count). The number of fused-ring (bicyclic) bond motifs is 1. The Morgan fingerprint density at radius 1 is 0.964 bits per heavy atom. The first-order valence-electron chi connectivity index (χ1n) is 8.80. The summed E-state index contributed by atoms with van der Waals surface area (Å²) in [6.07, 6.45) is -0.455. The van der Waals surface area contributed by atoms with E-state index in [0.29, 0.717) is 5.75 Å². The van der Waals surface area contributed by atoms with E-state index in [4.69, 9.17) is 20.8 Å². The number of benzene rings is 3. The third kappa shape index (κ3) is 4.68. The summed E-state index contributed by atoms with van der Waals surface area (Å²) >= 11 is 5.84. The summed E-state index contributed by atoms with van der Waals surface area (Å²) in [5.74, 6) is -0.126. The zero-order chi connectivity index (χ0) is 20.1. The molecule has 0 saturated heterocycles. The summed E-state index contributed by atoms with van der Waals surface area (Å²) in [4.78, 5) is 19.3. The standard InChI is InChI=1S/C21H20ClNO4P/c1-15(21(24)26-16(2)17-9-4-3-5-10-17)23(28(22)25)27-20-14-8-12-18-11-6-7-13-19(18)20/h3-16H,1-2H3/q+1/t15-,16-/m0/s1. The number of carbonyl (C=O) groups is 1. The van der Waals surface area contributed by atoms with Crippen LogP contribution in [0, 0.1) is 0 Å². The monoisotopic (exact) mass is 416 g/mol. The second-order valence-electron chi connectivity index (χ2n) is 6.26. The molecule has 28 heavy (non-hydrogen) atoms. The van der Waals surface area contributed by atoms with Gasteiger partial charge in [-0.25, -0.2) is 0 Å². The van der Waals surface area contributed by atoms with E-state index < -0.39 is 25.4 Å². The molecule has 0 spiro atoms. The average molecular weight is 417 g/mol. The van der Waals surface area contributed by atoms with Crippen LogP contribution in [0.4, 0.5) is 0 Å². The van der Waals surface area contributed by atoms with Crippen molar-refractivity contribution in [3.05, 3.63) is 78.4 Å². The minimum Gasteiger partial charge on any atom is -0.456 e. The maximum absolute atomic E-state index is 12.6. The van der Waals surface area contributed by atoms with Gasteiger partial charge in [0.2, 0.25) is 11.2 Å². The third-order valence-electron chi connectivity index (χ3n) is 4.33. The van der Waals surface area contributed by atoms with Crippen LogP contribution in [0.1, 0.15) is 25.5 Å². The lowest BCUT2D eigenvalue weighted by Crippen LogP contribution is -2.37. The van der Waals surface area contributed by atoms with Gasteiger partial charge in [-0.3, -0.25) is 4.79 Å². The van der Waals surface area contributed by atoms with Crippen LogP contribution in [-0.4, -0.2) is 16.8 Å². The molecule has 5 nitrogen and oxygen atoms in total. The van der Waals surface area contributed by atoms with Gasteiger partial charge in [0.25, 0.3) is 0 Å². The molecule has 0 radical (unpaired) electrons. The molecule has 144 valence electrons. The van der Waals surface area contributed by atoms with Gasteiger partial charge in [0.05, 0.1) is 0 Å². The van der Waals surface area contributed by atoms with Crippen LogP contribution in [0.15, 0.2) is 72.8 Å². The van der Waals surface area contributed by atoms with Crippen LogP contribution < -0.4 is 4.84 Å². The molecule has 0 aromatic heterocycles. The zero-order valence-electron chi connectivity index (χ0n) is 15.5. The average Bonchev–Trinajstić information content (AvgIpc) is 2.71. The lowest BCUT2D eigenvalue weighted by Gasteiger charge is -2.20. The molecule has 3 aromatic rings. The van der Waals surface area contributed by atoms with Crippen molar-refractivity contribution in [1.82, 2.24) is 4.83 Å². The van der Waals surface area contributed by atoms with Crippen molar-refractivity contribution in [3.8, 4) is 5.75 Å². The Labute approximate surface area is 169 Å². The van der Waals surface area contributed by atoms with Crippen LogP contribution in [0.2, 0.25) is 0 Å². The molecule has 0 aliphatic heterocycles. The first-order chi connectivity index (χ1) is 13.5. The fourth-order valence-corrected chi connectivity index (χ4v) is 3.78. The van der Waals surface area contributed by atoms with Gasteiger partial charge < -0.3 is 9.57 Å². The summed E-state index contributed by atoms with van der Waals surface area (Å²) in [7, 11) is -2.46. The van der Waals surface area contributed by atoms with E-state index in [1.54, 1.807) is 19.9 Å². The topological polar surface area (TPSA) is 55.8 Å². The molecule has 0 fully saturated rings. The number of ether oxygens (including phenoxy) is 1. The molecule has 0 amide bonds. The number of hydroxylamine groups is 1. The van der Waals surface area contributed by atoms with Crippen molar-refractivity contribution < 1.29 is 18.9 Å². The number of hydrogen-bond donors (Lipinski definition) is 0. The first-order valence-corrected chi connectivity index (χ1v) is 10.9. The van der Waals surface area contributed by atoms with Crippen molar-refractivity contribution in [2.45, 2.75) is 26.0 Å². The summed E-state index contributed by atoms with van der Waals surface area (Å²) < 4.78 is 17.6. The van der Waals surface area contributed by atoms with Gasteiger partial charge >= 0.3 is 13.3 Å².